The number of aromatic nitrogens is 3. The number of rotatable bonds is 4. The predicted molar refractivity (Wildman–Crippen MR) is 67.9 cm³/mol. The summed E-state index contributed by atoms with van der Waals surface area (Å²) in [5.41, 5.74) is 6.75. The third-order valence-corrected chi connectivity index (χ3v) is 2.43. The molecule has 94 valence electrons. The Labute approximate surface area is 105 Å². The Morgan fingerprint density at radius 1 is 1.50 bits per heavy atom. The molecule has 6 heteroatoms. The molecule has 0 spiro atoms. The van der Waals surface area contributed by atoms with Gasteiger partial charge >= 0.3 is 0 Å². The van der Waals surface area contributed by atoms with E-state index in [2.05, 4.69) is 15.4 Å². The largest absolute Gasteiger partial charge is 0.399 e. The topological polar surface area (TPSA) is 85.8 Å². The van der Waals surface area contributed by atoms with Crippen molar-refractivity contribution in [3.8, 4) is 0 Å². The average Bonchev–Trinajstić information content (AvgIpc) is 2.75. The van der Waals surface area contributed by atoms with Gasteiger partial charge in [-0.15, -0.1) is 0 Å². The number of carbonyl (C=O) groups is 1. The van der Waals surface area contributed by atoms with Gasteiger partial charge in [0.05, 0.1) is 0 Å². The summed E-state index contributed by atoms with van der Waals surface area (Å²) in [6.45, 7) is 0.498. The lowest BCUT2D eigenvalue weighted by Gasteiger charge is -2.04. The zero-order valence-electron chi connectivity index (χ0n) is 10.1. The molecule has 1 amide bonds. The minimum Gasteiger partial charge on any atom is -0.399 e. The van der Waals surface area contributed by atoms with E-state index in [0.717, 1.165) is 0 Å². The molecular formula is C12H15N5O. The number of hydrogen-bond donors (Lipinski definition) is 2. The van der Waals surface area contributed by atoms with Crippen LogP contribution >= 0.6 is 0 Å². The Morgan fingerprint density at radius 2 is 2.33 bits per heavy atom. The Balaban J connectivity index is 1.85. The van der Waals surface area contributed by atoms with E-state index >= 15 is 0 Å². The lowest BCUT2D eigenvalue weighted by atomic mass is 10.2. The van der Waals surface area contributed by atoms with Crippen molar-refractivity contribution in [3.63, 3.8) is 0 Å². The van der Waals surface area contributed by atoms with E-state index in [1.807, 2.05) is 7.05 Å². The van der Waals surface area contributed by atoms with Crippen LogP contribution in [0.25, 0.3) is 0 Å². The van der Waals surface area contributed by atoms with Crippen molar-refractivity contribution in [2.45, 2.75) is 6.42 Å². The van der Waals surface area contributed by atoms with Crippen molar-refractivity contribution in [2.24, 2.45) is 7.05 Å². The van der Waals surface area contributed by atoms with Crippen molar-refractivity contribution in [1.82, 2.24) is 20.1 Å². The highest BCUT2D eigenvalue weighted by Gasteiger charge is 2.05. The van der Waals surface area contributed by atoms with Gasteiger partial charge in [-0.25, -0.2) is 4.98 Å². The second-order valence-electron chi connectivity index (χ2n) is 3.97. The van der Waals surface area contributed by atoms with Gasteiger partial charge in [0, 0.05) is 31.3 Å². The van der Waals surface area contributed by atoms with Gasteiger partial charge in [0.2, 0.25) is 0 Å². The molecule has 0 atom stereocenters. The number of carbonyl (C=O) groups excluding carboxylic acids is 1. The molecule has 1 aromatic heterocycles. The van der Waals surface area contributed by atoms with Gasteiger partial charge in [0.25, 0.3) is 5.91 Å². The molecule has 0 radical (unpaired) electrons. The molecule has 1 aromatic carbocycles. The molecule has 0 saturated heterocycles. The van der Waals surface area contributed by atoms with Gasteiger partial charge in [0.1, 0.15) is 6.33 Å². The molecule has 0 saturated carbocycles. The predicted octanol–water partition coefficient (Wildman–Crippen LogP) is 0.370. The zero-order valence-corrected chi connectivity index (χ0v) is 10.1. The first kappa shape index (κ1) is 12.1. The first-order chi connectivity index (χ1) is 8.65. The highest BCUT2D eigenvalue weighted by atomic mass is 16.1. The third-order valence-electron chi connectivity index (χ3n) is 2.43. The highest BCUT2D eigenvalue weighted by Crippen LogP contribution is 2.05. The van der Waals surface area contributed by atoms with Gasteiger partial charge in [0.15, 0.2) is 5.82 Å². The maximum atomic E-state index is 11.8. The summed E-state index contributed by atoms with van der Waals surface area (Å²) in [4.78, 5) is 15.9. The second-order valence-corrected chi connectivity index (χ2v) is 3.97. The summed E-state index contributed by atoms with van der Waals surface area (Å²) in [7, 11) is 1.81. The fourth-order valence-electron chi connectivity index (χ4n) is 1.57. The summed E-state index contributed by atoms with van der Waals surface area (Å²) >= 11 is 0. The smallest absolute Gasteiger partial charge is 0.251 e. The van der Waals surface area contributed by atoms with Crippen LogP contribution in [0.15, 0.2) is 30.6 Å². The molecule has 6 nitrogen and oxygen atoms in total. The molecule has 0 bridgehead atoms. The number of nitrogens with two attached hydrogens (primary N) is 1. The number of hydrogen-bond acceptors (Lipinski definition) is 4. The molecule has 0 aliphatic carbocycles. The van der Waals surface area contributed by atoms with Crippen molar-refractivity contribution in [1.29, 1.82) is 0 Å². The molecule has 1 heterocycles. The molecule has 18 heavy (non-hydrogen) atoms. The number of aryl methyl sites for hydroxylation is 1. The zero-order chi connectivity index (χ0) is 13.0. The lowest BCUT2D eigenvalue weighted by Crippen LogP contribution is -2.26. The maximum Gasteiger partial charge on any atom is 0.251 e. The van der Waals surface area contributed by atoms with Crippen LogP contribution in [-0.2, 0) is 13.5 Å². The number of nitrogen functional groups attached to an aromatic ring is 1. The fourth-order valence-corrected chi connectivity index (χ4v) is 1.57. The number of nitrogens with zero attached hydrogens (tertiary/aromatic N) is 3. The first-order valence-electron chi connectivity index (χ1n) is 5.63. The molecule has 0 unspecified atom stereocenters. The average molecular weight is 245 g/mol. The molecule has 0 fully saturated rings. The standard InChI is InChI=1S/C12H15N5O/c1-17-8-15-11(16-17)5-6-14-12(18)9-3-2-4-10(13)7-9/h2-4,7-8H,5-6,13H2,1H3,(H,14,18). The van der Waals surface area contributed by atoms with Gasteiger partial charge < -0.3 is 11.1 Å². The Hall–Kier alpha value is -2.37. The third kappa shape index (κ3) is 3.07. The van der Waals surface area contributed by atoms with E-state index in [0.29, 0.717) is 30.0 Å². The SMILES string of the molecule is Cn1cnc(CCNC(=O)c2cccc(N)c2)n1. The number of nitrogens with one attached hydrogen (secondary N) is 1. The molecular weight excluding hydrogens is 230 g/mol. The number of benzene rings is 1. The van der Waals surface area contributed by atoms with E-state index in [-0.39, 0.29) is 5.91 Å². The molecule has 0 aliphatic heterocycles. The first-order valence-corrected chi connectivity index (χ1v) is 5.63. The summed E-state index contributed by atoms with van der Waals surface area (Å²) < 4.78 is 1.63. The van der Waals surface area contributed by atoms with E-state index in [9.17, 15) is 4.79 Å². The minimum atomic E-state index is -0.141. The summed E-state index contributed by atoms with van der Waals surface area (Å²) in [6, 6.07) is 6.87. The summed E-state index contributed by atoms with van der Waals surface area (Å²) in [5.74, 6) is 0.573. The molecule has 0 aliphatic rings. The van der Waals surface area contributed by atoms with Crippen LogP contribution < -0.4 is 11.1 Å². The van der Waals surface area contributed by atoms with Crippen LogP contribution in [0.3, 0.4) is 0 Å². The summed E-state index contributed by atoms with van der Waals surface area (Å²) in [6.07, 6.45) is 2.24. The van der Waals surface area contributed by atoms with E-state index < -0.39 is 0 Å². The maximum absolute atomic E-state index is 11.8. The van der Waals surface area contributed by atoms with Crippen molar-refractivity contribution in [3.05, 3.63) is 42.0 Å². The molecule has 2 aromatic rings. The van der Waals surface area contributed by atoms with Crippen LogP contribution in [0.4, 0.5) is 5.69 Å². The van der Waals surface area contributed by atoms with Crippen molar-refractivity contribution < 1.29 is 4.79 Å². The quantitative estimate of drug-likeness (QED) is 0.762. The Morgan fingerprint density at radius 3 is 3.00 bits per heavy atom. The highest BCUT2D eigenvalue weighted by molar-refractivity contribution is 5.94. The van der Waals surface area contributed by atoms with E-state index in [4.69, 9.17) is 5.73 Å². The molecule has 2 rings (SSSR count). The van der Waals surface area contributed by atoms with Gasteiger partial charge in [-0.3, -0.25) is 9.48 Å². The summed E-state index contributed by atoms with van der Waals surface area (Å²) in [5, 5.41) is 6.93. The van der Waals surface area contributed by atoms with Gasteiger partial charge in [-0.05, 0) is 18.2 Å². The van der Waals surface area contributed by atoms with Crippen LogP contribution in [0.1, 0.15) is 16.2 Å². The number of amides is 1. The van der Waals surface area contributed by atoms with Crippen LogP contribution in [0.5, 0.6) is 0 Å². The monoisotopic (exact) mass is 245 g/mol. The van der Waals surface area contributed by atoms with Gasteiger partial charge in [-0.2, -0.15) is 5.10 Å². The Bertz CT molecular complexity index is 549. The van der Waals surface area contributed by atoms with E-state index in [1.165, 1.54) is 0 Å². The fraction of sp³-hybridized carbons (Fsp3) is 0.250. The normalized spacial score (nSPS) is 10.3. The van der Waals surface area contributed by atoms with Crippen LogP contribution in [0, 0.1) is 0 Å². The minimum absolute atomic E-state index is 0.141. The Kier molecular flexibility index (Phi) is 3.57. The van der Waals surface area contributed by atoms with E-state index in [1.54, 1.807) is 35.3 Å². The van der Waals surface area contributed by atoms with Gasteiger partial charge in [-0.1, -0.05) is 6.07 Å². The second kappa shape index (κ2) is 5.31. The van der Waals surface area contributed by atoms with Crippen molar-refractivity contribution >= 4 is 11.6 Å². The van der Waals surface area contributed by atoms with Crippen LogP contribution in [-0.4, -0.2) is 27.2 Å². The van der Waals surface area contributed by atoms with Crippen molar-refractivity contribution in [2.75, 3.05) is 12.3 Å². The van der Waals surface area contributed by atoms with Crippen LogP contribution in [0.2, 0.25) is 0 Å². The number of anilines is 1. The molecule has 3 N–H and O–H groups in total. The lowest BCUT2D eigenvalue weighted by molar-refractivity contribution is 0.0954.